The van der Waals surface area contributed by atoms with Crippen molar-refractivity contribution < 1.29 is 5.11 Å². The second kappa shape index (κ2) is 5.51. The van der Waals surface area contributed by atoms with Crippen molar-refractivity contribution in [2.75, 3.05) is 13.2 Å². The molecule has 1 atom stereocenters. The molecule has 2 nitrogen and oxygen atoms in total. The molecule has 2 rings (SSSR count). The Balaban J connectivity index is 2.36. The average Bonchev–Trinajstić information content (AvgIpc) is 2.82. The van der Waals surface area contributed by atoms with Crippen molar-refractivity contribution in [1.82, 2.24) is 0 Å². The Kier molecular flexibility index (Phi) is 4.23. The molecule has 0 saturated heterocycles. The molecule has 94 valence electrons. The third kappa shape index (κ3) is 2.42. The van der Waals surface area contributed by atoms with Crippen LogP contribution in [0.1, 0.15) is 37.2 Å². The van der Waals surface area contributed by atoms with Crippen LogP contribution in [0.5, 0.6) is 0 Å². The van der Waals surface area contributed by atoms with Gasteiger partial charge in [0.2, 0.25) is 0 Å². The molecular formula is C14H20BrNO. The number of nitrogens with two attached hydrogens (primary N) is 1. The lowest BCUT2D eigenvalue weighted by Crippen LogP contribution is -2.34. The molecule has 1 aliphatic rings. The lowest BCUT2D eigenvalue weighted by molar-refractivity contribution is 0.102. The first-order chi connectivity index (χ1) is 8.23. The highest BCUT2D eigenvalue weighted by Gasteiger charge is 2.41. The van der Waals surface area contributed by atoms with Gasteiger partial charge in [-0.3, -0.25) is 0 Å². The van der Waals surface area contributed by atoms with Crippen LogP contribution < -0.4 is 5.73 Å². The number of hydrogen-bond donors (Lipinski definition) is 2. The normalized spacial score (nSPS) is 20.4. The van der Waals surface area contributed by atoms with Gasteiger partial charge < -0.3 is 10.8 Å². The molecule has 1 aromatic rings. The summed E-state index contributed by atoms with van der Waals surface area (Å²) in [5.41, 5.74) is 7.22. The minimum atomic E-state index is -0.00137. The fourth-order valence-corrected chi connectivity index (χ4v) is 3.72. The molecule has 3 heteroatoms. The number of aliphatic hydroxyl groups is 1. The zero-order valence-corrected chi connectivity index (χ0v) is 11.6. The average molecular weight is 298 g/mol. The summed E-state index contributed by atoms with van der Waals surface area (Å²) in [5, 5.41) is 9.80. The van der Waals surface area contributed by atoms with Crippen molar-refractivity contribution in [3.8, 4) is 0 Å². The Hall–Kier alpha value is -0.380. The lowest BCUT2D eigenvalue weighted by atomic mass is 9.71. The monoisotopic (exact) mass is 297 g/mol. The zero-order chi connectivity index (χ0) is 12.3. The second-order valence-corrected chi connectivity index (χ2v) is 5.89. The van der Waals surface area contributed by atoms with Crippen molar-refractivity contribution in [3.63, 3.8) is 0 Å². The van der Waals surface area contributed by atoms with Gasteiger partial charge in [-0.1, -0.05) is 47.0 Å². The van der Waals surface area contributed by atoms with E-state index in [1.165, 1.54) is 18.4 Å². The second-order valence-electron chi connectivity index (χ2n) is 5.04. The molecule has 0 heterocycles. The summed E-state index contributed by atoms with van der Waals surface area (Å²) in [5.74, 6) is 0.255. The quantitative estimate of drug-likeness (QED) is 0.897. The van der Waals surface area contributed by atoms with Gasteiger partial charge in [-0.15, -0.1) is 0 Å². The van der Waals surface area contributed by atoms with Crippen LogP contribution in [0.4, 0.5) is 0 Å². The number of benzene rings is 1. The maximum atomic E-state index is 9.80. The lowest BCUT2D eigenvalue weighted by Gasteiger charge is -2.36. The standard InChI is InChI=1S/C14H20BrNO/c15-13-6-2-1-5-11(13)12(9-16)14(10-17)7-3-4-8-14/h1-2,5-6,12,17H,3-4,7-10,16H2/t12-/m0/s1. The third-order valence-electron chi connectivity index (χ3n) is 4.17. The summed E-state index contributed by atoms with van der Waals surface area (Å²) < 4.78 is 1.11. The van der Waals surface area contributed by atoms with Crippen LogP contribution in [-0.4, -0.2) is 18.3 Å². The molecule has 1 fully saturated rings. The maximum Gasteiger partial charge on any atom is 0.0493 e. The van der Waals surface area contributed by atoms with E-state index in [9.17, 15) is 5.11 Å². The number of rotatable bonds is 4. The fraction of sp³-hybridized carbons (Fsp3) is 0.571. The predicted molar refractivity (Wildman–Crippen MR) is 73.9 cm³/mol. The predicted octanol–water partition coefficient (Wildman–Crippen LogP) is 3.04. The van der Waals surface area contributed by atoms with Gasteiger partial charge in [-0.2, -0.15) is 0 Å². The SMILES string of the molecule is NC[C@@H](c1ccccc1Br)C1(CO)CCCC1. The van der Waals surface area contributed by atoms with Gasteiger partial charge in [0.05, 0.1) is 0 Å². The Morgan fingerprint density at radius 2 is 1.94 bits per heavy atom. The first-order valence-corrected chi connectivity index (χ1v) is 7.08. The third-order valence-corrected chi connectivity index (χ3v) is 4.89. The van der Waals surface area contributed by atoms with Crippen molar-refractivity contribution in [3.05, 3.63) is 34.3 Å². The Morgan fingerprint density at radius 1 is 1.29 bits per heavy atom. The summed E-state index contributed by atoms with van der Waals surface area (Å²) in [4.78, 5) is 0. The highest BCUT2D eigenvalue weighted by Crippen LogP contribution is 2.49. The molecule has 17 heavy (non-hydrogen) atoms. The fourth-order valence-electron chi connectivity index (χ4n) is 3.16. The Morgan fingerprint density at radius 3 is 2.47 bits per heavy atom. The molecule has 0 amide bonds. The first kappa shape index (κ1) is 13.1. The van der Waals surface area contributed by atoms with E-state index in [1.807, 2.05) is 12.1 Å². The first-order valence-electron chi connectivity index (χ1n) is 6.29. The number of halogens is 1. The summed E-state index contributed by atoms with van der Waals surface area (Å²) in [6.07, 6.45) is 4.60. The summed E-state index contributed by atoms with van der Waals surface area (Å²) in [6.45, 7) is 0.847. The van der Waals surface area contributed by atoms with Crippen LogP contribution in [0.3, 0.4) is 0 Å². The van der Waals surface area contributed by atoms with E-state index in [-0.39, 0.29) is 17.9 Å². The van der Waals surface area contributed by atoms with E-state index >= 15 is 0 Å². The number of aliphatic hydroxyl groups excluding tert-OH is 1. The van der Waals surface area contributed by atoms with Gasteiger partial charge in [0.15, 0.2) is 0 Å². The Bertz CT molecular complexity index is 374. The minimum Gasteiger partial charge on any atom is -0.396 e. The van der Waals surface area contributed by atoms with Crippen LogP contribution in [-0.2, 0) is 0 Å². The van der Waals surface area contributed by atoms with Gasteiger partial charge in [0.25, 0.3) is 0 Å². The largest absolute Gasteiger partial charge is 0.396 e. The van der Waals surface area contributed by atoms with E-state index < -0.39 is 0 Å². The molecule has 0 spiro atoms. The van der Waals surface area contributed by atoms with Gasteiger partial charge in [0, 0.05) is 22.4 Å². The summed E-state index contributed by atoms with van der Waals surface area (Å²) in [7, 11) is 0. The van der Waals surface area contributed by atoms with Crippen LogP contribution in [0, 0.1) is 5.41 Å². The highest BCUT2D eigenvalue weighted by molar-refractivity contribution is 9.10. The smallest absolute Gasteiger partial charge is 0.0493 e. The van der Waals surface area contributed by atoms with Crippen molar-refractivity contribution in [2.45, 2.75) is 31.6 Å². The maximum absolute atomic E-state index is 9.80. The van der Waals surface area contributed by atoms with Crippen LogP contribution in [0.25, 0.3) is 0 Å². The highest BCUT2D eigenvalue weighted by atomic mass is 79.9. The van der Waals surface area contributed by atoms with Gasteiger partial charge in [0.1, 0.15) is 0 Å². The molecule has 3 N–H and O–H groups in total. The summed E-state index contributed by atoms with van der Waals surface area (Å²) in [6, 6.07) is 8.24. The molecular weight excluding hydrogens is 278 g/mol. The van der Waals surface area contributed by atoms with Gasteiger partial charge in [-0.25, -0.2) is 0 Å². The van der Waals surface area contributed by atoms with Crippen LogP contribution in [0.15, 0.2) is 28.7 Å². The molecule has 0 radical (unpaired) electrons. The molecule has 1 aromatic carbocycles. The van der Waals surface area contributed by atoms with Gasteiger partial charge >= 0.3 is 0 Å². The van der Waals surface area contributed by atoms with E-state index in [2.05, 4.69) is 28.1 Å². The molecule has 0 unspecified atom stereocenters. The van der Waals surface area contributed by atoms with E-state index in [0.29, 0.717) is 6.54 Å². The van der Waals surface area contributed by atoms with Crippen LogP contribution in [0.2, 0.25) is 0 Å². The topological polar surface area (TPSA) is 46.2 Å². The number of hydrogen-bond acceptors (Lipinski definition) is 2. The van der Waals surface area contributed by atoms with Crippen molar-refractivity contribution in [2.24, 2.45) is 11.1 Å². The van der Waals surface area contributed by atoms with E-state index in [0.717, 1.165) is 17.3 Å². The molecule has 1 saturated carbocycles. The minimum absolute atomic E-state index is 0.00137. The van der Waals surface area contributed by atoms with Crippen LogP contribution >= 0.6 is 15.9 Å². The molecule has 0 aromatic heterocycles. The Labute approximate surface area is 111 Å². The molecule has 0 aliphatic heterocycles. The molecule has 1 aliphatic carbocycles. The van der Waals surface area contributed by atoms with E-state index in [4.69, 9.17) is 5.73 Å². The molecule has 0 bridgehead atoms. The zero-order valence-electron chi connectivity index (χ0n) is 10.0. The van der Waals surface area contributed by atoms with Crippen molar-refractivity contribution >= 4 is 15.9 Å². The summed E-state index contributed by atoms with van der Waals surface area (Å²) >= 11 is 3.60. The van der Waals surface area contributed by atoms with Gasteiger partial charge in [-0.05, 0) is 31.0 Å². The van der Waals surface area contributed by atoms with Crippen molar-refractivity contribution in [1.29, 1.82) is 0 Å². The van der Waals surface area contributed by atoms with E-state index in [1.54, 1.807) is 0 Å².